The van der Waals surface area contributed by atoms with Gasteiger partial charge < -0.3 is 14.5 Å². The Balaban J connectivity index is 1.65. The fourth-order valence-electron chi connectivity index (χ4n) is 2.64. The molecule has 2 amide bonds. The molecule has 1 atom stereocenters. The molecule has 7 heteroatoms. The Kier molecular flexibility index (Phi) is 3.51. The van der Waals surface area contributed by atoms with E-state index in [9.17, 15) is 9.59 Å². The lowest BCUT2D eigenvalue weighted by molar-refractivity contribution is -0.0134. The normalized spacial score (nSPS) is 21.6. The predicted octanol–water partition coefficient (Wildman–Crippen LogP) is 2.39. The quantitative estimate of drug-likeness (QED) is 0.588. The van der Waals surface area contributed by atoms with Crippen molar-refractivity contribution in [1.82, 2.24) is 14.8 Å². The van der Waals surface area contributed by atoms with Gasteiger partial charge in [0.05, 0.1) is 6.04 Å². The van der Waals surface area contributed by atoms with Crippen LogP contribution in [0.4, 0.5) is 4.79 Å². The minimum Gasteiger partial charge on any atom is -0.444 e. The van der Waals surface area contributed by atoms with Crippen LogP contribution >= 0.6 is 11.6 Å². The van der Waals surface area contributed by atoms with E-state index >= 15 is 0 Å². The van der Waals surface area contributed by atoms with Gasteiger partial charge in [0, 0.05) is 36.6 Å². The minimum atomic E-state index is -0.526. The number of rotatable bonds is 1. The van der Waals surface area contributed by atoms with Crippen LogP contribution in [0.15, 0.2) is 18.5 Å². The molecule has 0 bridgehead atoms. The maximum absolute atomic E-state index is 12.4. The summed E-state index contributed by atoms with van der Waals surface area (Å²) in [6.45, 7) is 6.34. The second-order valence-corrected chi connectivity index (χ2v) is 6.96. The van der Waals surface area contributed by atoms with Gasteiger partial charge in [0.25, 0.3) is 5.91 Å². The molecule has 6 nitrogen and oxygen atoms in total. The van der Waals surface area contributed by atoms with Crippen molar-refractivity contribution >= 4 is 23.6 Å². The number of nitrogens with zero attached hydrogens (tertiary/aromatic N) is 3. The molecule has 22 heavy (non-hydrogen) atoms. The van der Waals surface area contributed by atoms with E-state index < -0.39 is 11.1 Å². The summed E-state index contributed by atoms with van der Waals surface area (Å²) in [5.74, 6) is -0.105. The number of hydrogen-bond acceptors (Lipinski definition) is 4. The van der Waals surface area contributed by atoms with Crippen LogP contribution in [-0.2, 0) is 4.74 Å². The van der Waals surface area contributed by atoms with Crippen LogP contribution in [0.2, 0.25) is 0 Å². The molecule has 1 aromatic rings. The maximum Gasteiger partial charge on any atom is 0.410 e. The molecule has 1 saturated heterocycles. The maximum atomic E-state index is 12.4. The monoisotopic (exact) mass is 323 g/mol. The zero-order chi connectivity index (χ0) is 16.1. The van der Waals surface area contributed by atoms with Gasteiger partial charge >= 0.3 is 6.09 Å². The van der Waals surface area contributed by atoms with Crippen LogP contribution in [0.25, 0.3) is 0 Å². The van der Waals surface area contributed by atoms with Crippen molar-refractivity contribution in [3.8, 4) is 0 Å². The van der Waals surface area contributed by atoms with E-state index in [1.54, 1.807) is 28.3 Å². The average molecular weight is 324 g/mol. The van der Waals surface area contributed by atoms with Crippen molar-refractivity contribution in [2.45, 2.75) is 37.9 Å². The van der Waals surface area contributed by atoms with Crippen LogP contribution < -0.4 is 0 Å². The summed E-state index contributed by atoms with van der Waals surface area (Å²) >= 11 is 6.38. The third-order valence-corrected chi connectivity index (χ3v) is 4.17. The van der Waals surface area contributed by atoms with E-state index in [0.29, 0.717) is 18.7 Å². The Morgan fingerprint density at radius 2 is 2.09 bits per heavy atom. The highest BCUT2D eigenvalue weighted by molar-refractivity contribution is 6.24. The van der Waals surface area contributed by atoms with Crippen molar-refractivity contribution in [3.63, 3.8) is 0 Å². The number of ether oxygens (including phenoxy) is 1. The number of amides is 2. The van der Waals surface area contributed by atoms with Crippen LogP contribution in [0, 0.1) is 0 Å². The van der Waals surface area contributed by atoms with E-state index in [2.05, 4.69) is 4.98 Å². The number of alkyl halides is 1. The van der Waals surface area contributed by atoms with Gasteiger partial charge in [-0.2, -0.15) is 0 Å². The second kappa shape index (κ2) is 5.12. The lowest BCUT2D eigenvalue weighted by Crippen LogP contribution is -2.62. The van der Waals surface area contributed by atoms with Gasteiger partial charge in [-0.1, -0.05) is 11.6 Å². The average Bonchev–Trinajstić information content (AvgIpc) is 2.61. The molecule has 3 rings (SSSR count). The molecule has 0 saturated carbocycles. The standard InChI is InChI=1S/C15H18ClN3O3/c1-15(2,3)22-14(21)18-7-9(8-18)19-12(16)11-6-17-5-4-10(11)13(19)20/h4-6,9,12H,7-8H2,1-3H3. The molecule has 2 aliphatic rings. The van der Waals surface area contributed by atoms with Gasteiger partial charge in [-0.25, -0.2) is 4.79 Å². The predicted molar refractivity (Wildman–Crippen MR) is 80.6 cm³/mol. The fourth-order valence-corrected chi connectivity index (χ4v) is 3.06. The summed E-state index contributed by atoms with van der Waals surface area (Å²) < 4.78 is 5.31. The summed E-state index contributed by atoms with van der Waals surface area (Å²) in [7, 11) is 0. The molecule has 3 heterocycles. The lowest BCUT2D eigenvalue weighted by atomic mass is 10.1. The van der Waals surface area contributed by atoms with Crippen LogP contribution in [0.3, 0.4) is 0 Å². The molecule has 2 aliphatic heterocycles. The Morgan fingerprint density at radius 1 is 1.41 bits per heavy atom. The fraction of sp³-hybridized carbons (Fsp3) is 0.533. The summed E-state index contributed by atoms with van der Waals surface area (Å²) in [5.41, 5.74) is 0.264. The highest BCUT2D eigenvalue weighted by Crippen LogP contribution is 2.39. The number of aromatic nitrogens is 1. The third kappa shape index (κ3) is 2.52. The molecule has 1 unspecified atom stereocenters. The van der Waals surface area contributed by atoms with E-state index in [-0.39, 0.29) is 18.0 Å². The van der Waals surface area contributed by atoms with Crippen molar-refractivity contribution in [2.24, 2.45) is 0 Å². The van der Waals surface area contributed by atoms with Gasteiger partial charge in [-0.3, -0.25) is 9.78 Å². The summed E-state index contributed by atoms with van der Waals surface area (Å²) in [4.78, 5) is 31.6. The largest absolute Gasteiger partial charge is 0.444 e. The van der Waals surface area contributed by atoms with Crippen molar-refractivity contribution < 1.29 is 14.3 Å². The Morgan fingerprint density at radius 3 is 2.68 bits per heavy atom. The summed E-state index contributed by atoms with van der Waals surface area (Å²) in [5, 5.41) is 0. The SMILES string of the molecule is CC(C)(C)OC(=O)N1CC(N2C(=O)c3ccncc3C2Cl)C1. The molecular weight excluding hydrogens is 306 g/mol. The van der Waals surface area contributed by atoms with Gasteiger partial charge in [0.2, 0.25) is 0 Å². The molecule has 1 fully saturated rings. The first kappa shape index (κ1) is 15.1. The van der Waals surface area contributed by atoms with Crippen LogP contribution in [0.1, 0.15) is 42.2 Å². The van der Waals surface area contributed by atoms with Gasteiger partial charge in [-0.15, -0.1) is 0 Å². The molecule has 0 aromatic carbocycles. The molecule has 118 valence electrons. The van der Waals surface area contributed by atoms with E-state index in [4.69, 9.17) is 16.3 Å². The number of carbonyl (C=O) groups excluding carboxylic acids is 2. The number of pyridine rings is 1. The molecule has 0 radical (unpaired) electrons. The Hall–Kier alpha value is -1.82. The van der Waals surface area contributed by atoms with E-state index in [0.717, 1.165) is 5.56 Å². The molecule has 1 aromatic heterocycles. The first-order chi connectivity index (χ1) is 10.3. The van der Waals surface area contributed by atoms with Gasteiger partial charge in [0.15, 0.2) is 0 Å². The number of likely N-dealkylation sites (tertiary alicyclic amines) is 1. The summed E-state index contributed by atoms with van der Waals surface area (Å²) in [6, 6.07) is 1.59. The Labute approximate surface area is 134 Å². The number of halogens is 1. The zero-order valence-electron chi connectivity index (χ0n) is 12.7. The summed E-state index contributed by atoms with van der Waals surface area (Å²) in [6.07, 6.45) is 2.84. The Bertz CT molecular complexity index is 623. The van der Waals surface area contributed by atoms with Gasteiger partial charge in [-0.05, 0) is 26.8 Å². The highest BCUT2D eigenvalue weighted by atomic mass is 35.5. The van der Waals surface area contributed by atoms with Crippen molar-refractivity contribution in [3.05, 3.63) is 29.6 Å². The van der Waals surface area contributed by atoms with Gasteiger partial charge in [0.1, 0.15) is 11.1 Å². The lowest BCUT2D eigenvalue weighted by Gasteiger charge is -2.44. The first-order valence-corrected chi connectivity index (χ1v) is 7.60. The third-order valence-electron chi connectivity index (χ3n) is 3.73. The molecule has 0 N–H and O–H groups in total. The molecular formula is C15H18ClN3O3. The van der Waals surface area contributed by atoms with Crippen LogP contribution in [-0.4, -0.2) is 51.5 Å². The van der Waals surface area contributed by atoms with Crippen LogP contribution in [0.5, 0.6) is 0 Å². The zero-order valence-corrected chi connectivity index (χ0v) is 13.5. The number of fused-ring (bicyclic) bond motifs is 1. The molecule has 0 spiro atoms. The number of hydrogen-bond donors (Lipinski definition) is 0. The first-order valence-electron chi connectivity index (χ1n) is 7.16. The van der Waals surface area contributed by atoms with E-state index in [1.165, 1.54) is 0 Å². The smallest absolute Gasteiger partial charge is 0.410 e. The molecule has 0 aliphatic carbocycles. The topological polar surface area (TPSA) is 62.7 Å². The minimum absolute atomic E-state index is 0.0880. The number of carbonyl (C=O) groups is 2. The van der Waals surface area contributed by atoms with Crippen molar-refractivity contribution in [1.29, 1.82) is 0 Å². The van der Waals surface area contributed by atoms with E-state index in [1.807, 2.05) is 20.8 Å². The van der Waals surface area contributed by atoms with Crippen molar-refractivity contribution in [2.75, 3.05) is 13.1 Å². The second-order valence-electron chi connectivity index (χ2n) is 6.55. The highest BCUT2D eigenvalue weighted by Gasteiger charge is 2.46.